The number of carboxylic acid groups (broad SMARTS) is 4. The maximum absolute atomic E-state index is 10.1. The van der Waals surface area contributed by atoms with Crippen molar-refractivity contribution in [2.75, 3.05) is 0 Å². The van der Waals surface area contributed by atoms with E-state index in [0.29, 0.717) is 24.7 Å². The second-order valence-corrected chi connectivity index (χ2v) is 7.40. The van der Waals surface area contributed by atoms with Crippen molar-refractivity contribution < 1.29 is 39.6 Å². The van der Waals surface area contributed by atoms with E-state index < -0.39 is 48.0 Å². The molecular weight excluding hydrogens is 400 g/mol. The third-order valence-corrected chi connectivity index (χ3v) is 2.86. The zero-order valence-corrected chi connectivity index (χ0v) is 18.6. The molecule has 0 unspecified atom stereocenters. The van der Waals surface area contributed by atoms with Crippen LogP contribution in [-0.4, -0.2) is 68.5 Å². The second-order valence-electron chi connectivity index (χ2n) is 7.40. The Bertz CT molecular complexity index is 453. The summed E-state index contributed by atoms with van der Waals surface area (Å²) in [6.07, 6.45) is 1.10. The van der Waals surface area contributed by atoms with Gasteiger partial charge in [-0.05, 0) is 38.5 Å². The smallest absolute Gasteiger partial charge is 0.320 e. The zero-order valence-electron chi connectivity index (χ0n) is 18.6. The molecule has 0 saturated heterocycles. The number of hydrogen-bond acceptors (Lipinski definition) is 8. The van der Waals surface area contributed by atoms with Crippen LogP contribution in [0.2, 0.25) is 0 Å². The molecule has 30 heavy (non-hydrogen) atoms. The van der Waals surface area contributed by atoms with Crippen LogP contribution in [-0.2, 0) is 19.2 Å². The van der Waals surface area contributed by atoms with Gasteiger partial charge < -0.3 is 43.4 Å². The minimum Gasteiger partial charge on any atom is -0.480 e. The number of carbonyl (C=O) groups is 4. The van der Waals surface area contributed by atoms with Gasteiger partial charge in [0.15, 0.2) is 0 Å². The van der Waals surface area contributed by atoms with Crippen molar-refractivity contribution in [1.82, 2.24) is 0 Å². The maximum atomic E-state index is 10.1. The molecule has 0 heterocycles. The third-order valence-electron chi connectivity index (χ3n) is 2.86. The summed E-state index contributed by atoms with van der Waals surface area (Å²) in [5, 5.41) is 32.3. The molecule has 12 nitrogen and oxygen atoms in total. The molecule has 4 atom stereocenters. The first-order valence-corrected chi connectivity index (χ1v) is 9.30. The Morgan fingerprint density at radius 2 is 0.700 bits per heavy atom. The molecule has 180 valence electrons. The Hall–Kier alpha value is -2.28. The normalized spacial score (nSPS) is 13.7. The fourth-order valence-corrected chi connectivity index (χ4v) is 1.22. The van der Waals surface area contributed by atoms with Gasteiger partial charge in [-0.15, -0.1) is 0 Å². The highest BCUT2D eigenvalue weighted by Crippen LogP contribution is 2.02. The quantitative estimate of drug-likeness (QED) is 0.242. The summed E-state index contributed by atoms with van der Waals surface area (Å²) in [6, 6.07) is -2.84. The molecule has 0 amide bonds. The summed E-state index contributed by atoms with van der Waals surface area (Å²) < 4.78 is 0. The minimum absolute atomic E-state index is 0.357. The van der Waals surface area contributed by atoms with Gasteiger partial charge in [0, 0.05) is 0 Å². The van der Waals surface area contributed by atoms with Crippen molar-refractivity contribution in [3.8, 4) is 0 Å². The minimum atomic E-state index is -0.963. The SMILES string of the molecule is CC(C)C[C@H](N)C(=O)O.CC(C)C[C@H](N)C(=O)O.C[C@H](N)C(=O)O.C[C@H](N)C(=O)O. The van der Waals surface area contributed by atoms with Crippen LogP contribution >= 0.6 is 0 Å². The molecule has 0 bridgehead atoms. The average Bonchev–Trinajstić information content (AvgIpc) is 2.54. The van der Waals surface area contributed by atoms with Gasteiger partial charge in [-0.1, -0.05) is 27.7 Å². The molecule has 0 aromatic heterocycles. The predicted molar refractivity (Wildman–Crippen MR) is 113 cm³/mol. The Labute approximate surface area is 177 Å². The molecule has 0 fully saturated rings. The summed E-state index contributed by atoms with van der Waals surface area (Å²) in [5.41, 5.74) is 20.1. The number of carboxylic acids is 4. The van der Waals surface area contributed by atoms with Gasteiger partial charge >= 0.3 is 23.9 Å². The van der Waals surface area contributed by atoms with E-state index in [1.807, 2.05) is 27.7 Å². The average molecular weight is 441 g/mol. The van der Waals surface area contributed by atoms with Crippen molar-refractivity contribution in [2.24, 2.45) is 34.8 Å². The van der Waals surface area contributed by atoms with Crippen LogP contribution < -0.4 is 22.9 Å². The van der Waals surface area contributed by atoms with Gasteiger partial charge in [-0.2, -0.15) is 0 Å². The molecule has 0 aromatic carbocycles. The van der Waals surface area contributed by atoms with Crippen LogP contribution in [0, 0.1) is 11.8 Å². The molecule has 12 heteroatoms. The van der Waals surface area contributed by atoms with Crippen LogP contribution in [0.15, 0.2) is 0 Å². The van der Waals surface area contributed by atoms with Crippen molar-refractivity contribution >= 4 is 23.9 Å². The Kier molecular flexibility index (Phi) is 23.5. The van der Waals surface area contributed by atoms with E-state index >= 15 is 0 Å². The van der Waals surface area contributed by atoms with Gasteiger partial charge in [0.2, 0.25) is 0 Å². The molecule has 12 N–H and O–H groups in total. The lowest BCUT2D eigenvalue weighted by Crippen LogP contribution is -2.31. The highest BCUT2D eigenvalue weighted by molar-refractivity contribution is 5.73. The lowest BCUT2D eigenvalue weighted by Gasteiger charge is -2.07. The Balaban J connectivity index is -0.000000153. The van der Waals surface area contributed by atoms with Crippen LogP contribution in [0.25, 0.3) is 0 Å². The molecule has 0 rings (SSSR count). The Morgan fingerprint density at radius 1 is 0.533 bits per heavy atom. The molecule has 0 aliphatic heterocycles. The summed E-state index contributed by atoms with van der Waals surface area (Å²) in [6.45, 7) is 10.6. The van der Waals surface area contributed by atoms with E-state index in [9.17, 15) is 19.2 Å². The van der Waals surface area contributed by atoms with E-state index in [1.165, 1.54) is 13.8 Å². The molecule has 0 saturated carbocycles. The van der Waals surface area contributed by atoms with Crippen LogP contribution in [0.3, 0.4) is 0 Å². The summed E-state index contributed by atoms with van der Waals surface area (Å²) in [7, 11) is 0. The molecular formula is C18H40N4O8. The fraction of sp³-hybridized carbons (Fsp3) is 0.778. The van der Waals surface area contributed by atoms with Gasteiger partial charge in [0.25, 0.3) is 0 Å². The van der Waals surface area contributed by atoms with Gasteiger partial charge in [0.05, 0.1) is 0 Å². The molecule has 0 radical (unpaired) electrons. The zero-order chi connectivity index (χ0) is 25.2. The van der Waals surface area contributed by atoms with Gasteiger partial charge in [0.1, 0.15) is 24.2 Å². The van der Waals surface area contributed by atoms with Crippen LogP contribution in [0.4, 0.5) is 0 Å². The van der Waals surface area contributed by atoms with Crippen molar-refractivity contribution in [2.45, 2.75) is 78.6 Å². The maximum Gasteiger partial charge on any atom is 0.320 e. The second kappa shape index (κ2) is 20.0. The van der Waals surface area contributed by atoms with E-state index in [0.717, 1.165) is 0 Å². The summed E-state index contributed by atoms with van der Waals surface area (Å²) in [4.78, 5) is 39.4. The standard InChI is InChI=1S/2C6H13NO2.2C3H7NO2/c2*1-4(2)3-5(7)6(8)9;2*1-2(4)3(5)6/h2*4-5H,3,7H2,1-2H3,(H,8,9);2*2H,4H2,1H3,(H,5,6)/t2*5-;2*2-/m0000/s1. The third kappa shape index (κ3) is 33.3. The number of hydrogen-bond donors (Lipinski definition) is 8. The molecule has 0 spiro atoms. The fourth-order valence-electron chi connectivity index (χ4n) is 1.22. The predicted octanol–water partition coefficient (Wildman–Crippen LogP) is -0.275. The number of aliphatic carboxylic acids is 4. The van der Waals surface area contributed by atoms with Gasteiger partial charge in [-0.3, -0.25) is 19.2 Å². The molecule has 0 aliphatic carbocycles. The number of nitrogens with two attached hydrogens (primary N) is 4. The van der Waals surface area contributed by atoms with Crippen LogP contribution in [0.5, 0.6) is 0 Å². The van der Waals surface area contributed by atoms with E-state index in [2.05, 4.69) is 0 Å². The highest BCUT2D eigenvalue weighted by Gasteiger charge is 2.12. The van der Waals surface area contributed by atoms with E-state index in [-0.39, 0.29) is 0 Å². The molecule has 0 aliphatic rings. The molecule has 0 aromatic rings. The van der Waals surface area contributed by atoms with Crippen molar-refractivity contribution in [1.29, 1.82) is 0 Å². The summed E-state index contributed by atoms with van der Waals surface area (Å²) in [5.74, 6) is -3.04. The largest absolute Gasteiger partial charge is 0.480 e. The first-order chi connectivity index (χ1) is 13.4. The van der Waals surface area contributed by atoms with Gasteiger partial charge in [-0.25, -0.2) is 0 Å². The van der Waals surface area contributed by atoms with Crippen LogP contribution in [0.1, 0.15) is 54.4 Å². The van der Waals surface area contributed by atoms with Crippen molar-refractivity contribution in [3.63, 3.8) is 0 Å². The van der Waals surface area contributed by atoms with E-state index in [1.54, 1.807) is 0 Å². The number of rotatable bonds is 8. The highest BCUT2D eigenvalue weighted by atomic mass is 16.4. The lowest BCUT2D eigenvalue weighted by atomic mass is 10.1. The summed E-state index contributed by atoms with van der Waals surface area (Å²) >= 11 is 0. The van der Waals surface area contributed by atoms with Crippen molar-refractivity contribution in [3.05, 3.63) is 0 Å². The Morgan fingerprint density at radius 3 is 0.733 bits per heavy atom. The topological polar surface area (TPSA) is 253 Å². The van der Waals surface area contributed by atoms with E-state index in [4.69, 9.17) is 43.4 Å². The monoisotopic (exact) mass is 440 g/mol. The first kappa shape index (κ1) is 35.2. The lowest BCUT2D eigenvalue weighted by molar-refractivity contribution is -0.139. The first-order valence-electron chi connectivity index (χ1n) is 9.30.